The average Bonchev–Trinajstić information content (AvgIpc) is 2.98. The van der Waals surface area contributed by atoms with Crippen molar-refractivity contribution in [2.45, 2.75) is 56.4 Å². The topological polar surface area (TPSA) is 54.5 Å². The smallest absolute Gasteiger partial charge is 0.243 e. The lowest BCUT2D eigenvalue weighted by molar-refractivity contribution is -0.110. The Morgan fingerprint density at radius 1 is 1.04 bits per heavy atom. The van der Waals surface area contributed by atoms with Gasteiger partial charge in [0.05, 0.1) is 4.90 Å². The molecule has 0 saturated carbocycles. The van der Waals surface area contributed by atoms with Gasteiger partial charge in [-0.15, -0.1) is 0 Å². The van der Waals surface area contributed by atoms with E-state index in [-0.39, 0.29) is 12.0 Å². The van der Waals surface area contributed by atoms with E-state index in [1.807, 2.05) is 25.1 Å². The highest BCUT2D eigenvalue weighted by Gasteiger charge is 2.37. The number of nitrogens with zero attached hydrogens (tertiary/aromatic N) is 1. The number of hydrogen-bond acceptors (Lipinski definition) is 3. The molecule has 130 valence electrons. The SMILES string of the molecule is Cc1ccc(S(=O)(=O)N2CC3=CC2CCCCCCC3C=O)cc1. The van der Waals surface area contributed by atoms with Gasteiger partial charge in [0.1, 0.15) is 6.29 Å². The third-order valence-electron chi connectivity index (χ3n) is 5.15. The van der Waals surface area contributed by atoms with Crippen LogP contribution in [0.1, 0.15) is 44.1 Å². The highest BCUT2D eigenvalue weighted by molar-refractivity contribution is 7.89. The maximum Gasteiger partial charge on any atom is 0.243 e. The molecule has 0 amide bonds. The molecule has 0 aromatic heterocycles. The Morgan fingerprint density at radius 2 is 1.71 bits per heavy atom. The van der Waals surface area contributed by atoms with Crippen molar-refractivity contribution in [3.05, 3.63) is 41.5 Å². The highest BCUT2D eigenvalue weighted by atomic mass is 32.2. The molecule has 2 bridgehead atoms. The summed E-state index contributed by atoms with van der Waals surface area (Å²) in [5.41, 5.74) is 2.02. The number of carbonyl (C=O) groups is 1. The van der Waals surface area contributed by atoms with Crippen LogP contribution in [-0.4, -0.2) is 31.6 Å². The zero-order valence-electron chi connectivity index (χ0n) is 14.1. The first-order valence-electron chi connectivity index (χ1n) is 8.77. The van der Waals surface area contributed by atoms with E-state index in [4.69, 9.17) is 0 Å². The number of fused-ring (bicyclic) bond motifs is 1. The van der Waals surface area contributed by atoms with Crippen LogP contribution in [0.15, 0.2) is 40.8 Å². The van der Waals surface area contributed by atoms with Gasteiger partial charge in [-0.1, -0.05) is 49.5 Å². The first-order chi connectivity index (χ1) is 11.5. The molecule has 2 aliphatic rings. The fraction of sp³-hybridized carbons (Fsp3) is 0.526. The second kappa shape index (κ2) is 7.19. The van der Waals surface area contributed by atoms with Gasteiger partial charge in [-0.25, -0.2) is 8.42 Å². The quantitative estimate of drug-likeness (QED) is 0.621. The van der Waals surface area contributed by atoms with Crippen molar-refractivity contribution in [1.82, 2.24) is 4.31 Å². The van der Waals surface area contributed by atoms with E-state index >= 15 is 0 Å². The molecule has 0 saturated heterocycles. The number of rotatable bonds is 3. The Balaban J connectivity index is 1.91. The third kappa shape index (κ3) is 3.47. The van der Waals surface area contributed by atoms with E-state index in [0.717, 1.165) is 55.9 Å². The summed E-state index contributed by atoms with van der Waals surface area (Å²) >= 11 is 0. The second-order valence-corrected chi connectivity index (χ2v) is 8.80. The standard InChI is InChI=1S/C19H25NO3S/c1-15-8-10-19(11-9-15)24(22,23)20-13-17-12-18(20)7-5-3-2-4-6-16(17)14-21/h8-12,14,16,18H,2-7,13H2,1H3. The monoisotopic (exact) mass is 347 g/mol. The average molecular weight is 347 g/mol. The van der Waals surface area contributed by atoms with E-state index in [1.54, 1.807) is 16.4 Å². The van der Waals surface area contributed by atoms with Crippen LogP contribution in [0.3, 0.4) is 0 Å². The first-order valence-corrected chi connectivity index (χ1v) is 10.2. The number of hydrogen-bond donors (Lipinski definition) is 0. The molecular formula is C19H25NO3S. The Labute approximate surface area is 144 Å². The van der Waals surface area contributed by atoms with Gasteiger partial charge in [0.25, 0.3) is 0 Å². The van der Waals surface area contributed by atoms with Crippen LogP contribution < -0.4 is 0 Å². The maximum atomic E-state index is 13.1. The molecule has 2 unspecified atom stereocenters. The summed E-state index contributed by atoms with van der Waals surface area (Å²) < 4.78 is 27.8. The zero-order chi connectivity index (χ0) is 17.2. The van der Waals surface area contributed by atoms with Gasteiger partial charge in [-0.3, -0.25) is 0 Å². The second-order valence-electron chi connectivity index (χ2n) is 6.91. The van der Waals surface area contributed by atoms with Crippen LogP contribution in [0.5, 0.6) is 0 Å². The van der Waals surface area contributed by atoms with Crippen LogP contribution in [0, 0.1) is 12.8 Å². The molecule has 0 radical (unpaired) electrons. The van der Waals surface area contributed by atoms with E-state index in [0.29, 0.717) is 11.4 Å². The lowest BCUT2D eigenvalue weighted by Gasteiger charge is -2.24. The molecule has 3 rings (SSSR count). The number of aldehydes is 1. The Morgan fingerprint density at radius 3 is 2.38 bits per heavy atom. The van der Waals surface area contributed by atoms with Crippen molar-refractivity contribution in [2.75, 3.05) is 6.54 Å². The first kappa shape index (κ1) is 17.4. The molecule has 24 heavy (non-hydrogen) atoms. The fourth-order valence-corrected chi connectivity index (χ4v) is 5.26. The van der Waals surface area contributed by atoms with Crippen molar-refractivity contribution in [3.63, 3.8) is 0 Å². The summed E-state index contributed by atoms with van der Waals surface area (Å²) in [6.07, 6.45) is 8.98. The van der Waals surface area contributed by atoms with Crippen molar-refractivity contribution in [2.24, 2.45) is 5.92 Å². The summed E-state index contributed by atoms with van der Waals surface area (Å²) in [4.78, 5) is 11.8. The molecule has 1 aromatic rings. The lowest BCUT2D eigenvalue weighted by Crippen LogP contribution is -2.36. The van der Waals surface area contributed by atoms with Gasteiger partial charge in [-0.05, 0) is 37.5 Å². The van der Waals surface area contributed by atoms with Gasteiger partial charge in [0.15, 0.2) is 0 Å². The molecule has 0 fully saturated rings. The van der Waals surface area contributed by atoms with Crippen LogP contribution in [0.25, 0.3) is 0 Å². The number of aryl methyl sites for hydroxylation is 1. The van der Waals surface area contributed by atoms with Crippen molar-refractivity contribution < 1.29 is 13.2 Å². The predicted molar refractivity (Wildman–Crippen MR) is 94.2 cm³/mol. The van der Waals surface area contributed by atoms with Gasteiger partial charge in [0, 0.05) is 18.5 Å². The van der Waals surface area contributed by atoms with Crippen molar-refractivity contribution in [3.8, 4) is 0 Å². The Bertz CT molecular complexity index is 721. The molecule has 4 nitrogen and oxygen atoms in total. The van der Waals surface area contributed by atoms with Crippen LogP contribution in [-0.2, 0) is 14.8 Å². The van der Waals surface area contributed by atoms with E-state index < -0.39 is 10.0 Å². The van der Waals surface area contributed by atoms with Crippen LogP contribution in [0.2, 0.25) is 0 Å². The van der Waals surface area contributed by atoms with Crippen LogP contribution in [0.4, 0.5) is 0 Å². The zero-order valence-corrected chi connectivity index (χ0v) is 15.0. The van der Waals surface area contributed by atoms with E-state index in [9.17, 15) is 13.2 Å². The minimum atomic E-state index is -3.53. The van der Waals surface area contributed by atoms with Crippen molar-refractivity contribution in [1.29, 1.82) is 0 Å². The maximum absolute atomic E-state index is 13.1. The minimum absolute atomic E-state index is 0.119. The normalized spacial score (nSPS) is 26.0. The number of benzene rings is 1. The Hall–Kier alpha value is -1.46. The van der Waals surface area contributed by atoms with E-state index in [1.165, 1.54) is 0 Å². The molecule has 1 aromatic carbocycles. The number of carbonyl (C=O) groups excluding carboxylic acids is 1. The highest BCUT2D eigenvalue weighted by Crippen LogP contribution is 2.33. The predicted octanol–water partition coefficient (Wildman–Crippen LogP) is 3.46. The Kier molecular flexibility index (Phi) is 5.21. The third-order valence-corrected chi connectivity index (χ3v) is 7.03. The summed E-state index contributed by atoms with van der Waals surface area (Å²) in [7, 11) is -3.53. The van der Waals surface area contributed by atoms with Gasteiger partial charge in [0.2, 0.25) is 10.0 Å². The van der Waals surface area contributed by atoms with E-state index in [2.05, 4.69) is 0 Å². The molecule has 1 aliphatic carbocycles. The summed E-state index contributed by atoms with van der Waals surface area (Å²) in [6.45, 7) is 2.29. The van der Waals surface area contributed by atoms with Crippen LogP contribution >= 0.6 is 0 Å². The molecule has 2 atom stereocenters. The largest absolute Gasteiger partial charge is 0.303 e. The molecule has 5 heteroatoms. The van der Waals surface area contributed by atoms with Crippen molar-refractivity contribution >= 4 is 16.3 Å². The summed E-state index contributed by atoms with van der Waals surface area (Å²) in [6, 6.07) is 6.89. The minimum Gasteiger partial charge on any atom is -0.303 e. The van der Waals surface area contributed by atoms with Gasteiger partial charge >= 0.3 is 0 Å². The van der Waals surface area contributed by atoms with Gasteiger partial charge < -0.3 is 4.79 Å². The molecule has 0 N–H and O–H groups in total. The fourth-order valence-electron chi connectivity index (χ4n) is 3.67. The summed E-state index contributed by atoms with van der Waals surface area (Å²) in [5, 5.41) is 0. The lowest BCUT2D eigenvalue weighted by atomic mass is 9.92. The molecule has 1 heterocycles. The molecular weight excluding hydrogens is 322 g/mol. The molecule has 0 spiro atoms. The van der Waals surface area contributed by atoms with Gasteiger partial charge in [-0.2, -0.15) is 4.31 Å². The number of sulfonamides is 1. The molecule has 1 aliphatic heterocycles. The summed E-state index contributed by atoms with van der Waals surface area (Å²) in [5.74, 6) is -0.135.